The normalized spacial score (nSPS) is 13.2. The highest BCUT2D eigenvalue weighted by molar-refractivity contribution is 5.98. The molecule has 0 aliphatic heterocycles. The molecule has 0 spiro atoms. The topological polar surface area (TPSA) is 76.0 Å². The molecule has 0 saturated carbocycles. The number of nitrogens with one attached hydrogen (secondary N) is 2. The standard InChI is InChI=1S/C22H32N4O2/c1-15(2)12-20(25-21(27)19-9-7-6-8-17(19)4)22(28)24-13-16(3)14-26-11-10-23-18(26)5/h6-11,15-16,20H,12-14H2,1-5H3,(H,24,28)(H,25,27). The highest BCUT2D eigenvalue weighted by Gasteiger charge is 2.23. The largest absolute Gasteiger partial charge is 0.354 e. The Bertz CT molecular complexity index is 797. The molecule has 152 valence electrons. The van der Waals surface area contributed by atoms with Crippen LogP contribution in [0.2, 0.25) is 0 Å². The van der Waals surface area contributed by atoms with E-state index in [2.05, 4.69) is 27.1 Å². The lowest BCUT2D eigenvalue weighted by Gasteiger charge is -2.22. The van der Waals surface area contributed by atoms with Crippen LogP contribution in [0.1, 0.15) is 48.9 Å². The summed E-state index contributed by atoms with van der Waals surface area (Å²) in [5, 5.41) is 5.92. The van der Waals surface area contributed by atoms with Crippen molar-refractivity contribution in [2.45, 2.75) is 53.6 Å². The molecule has 0 aliphatic rings. The molecule has 0 radical (unpaired) electrons. The number of amides is 2. The van der Waals surface area contributed by atoms with E-state index in [1.54, 1.807) is 12.3 Å². The fourth-order valence-electron chi connectivity index (χ4n) is 3.16. The minimum atomic E-state index is -0.547. The number of hydrogen-bond donors (Lipinski definition) is 2. The fraction of sp³-hybridized carbons (Fsp3) is 0.500. The summed E-state index contributed by atoms with van der Waals surface area (Å²) in [5.74, 6) is 1.16. The van der Waals surface area contributed by atoms with Crippen LogP contribution in [0.5, 0.6) is 0 Å². The lowest BCUT2D eigenvalue weighted by Crippen LogP contribution is -2.48. The molecule has 1 aromatic carbocycles. The van der Waals surface area contributed by atoms with Gasteiger partial charge in [-0.2, -0.15) is 0 Å². The van der Waals surface area contributed by atoms with E-state index in [0.29, 0.717) is 24.4 Å². The number of hydrogen-bond acceptors (Lipinski definition) is 3. The fourth-order valence-corrected chi connectivity index (χ4v) is 3.16. The molecule has 6 nitrogen and oxygen atoms in total. The Labute approximate surface area is 167 Å². The lowest BCUT2D eigenvalue weighted by molar-refractivity contribution is -0.123. The van der Waals surface area contributed by atoms with Crippen molar-refractivity contribution in [3.05, 3.63) is 53.6 Å². The highest BCUT2D eigenvalue weighted by atomic mass is 16.2. The van der Waals surface area contributed by atoms with Crippen LogP contribution in [0.25, 0.3) is 0 Å². The monoisotopic (exact) mass is 384 g/mol. The molecule has 2 rings (SSSR count). The third-order valence-electron chi connectivity index (χ3n) is 4.78. The second kappa shape index (κ2) is 10.1. The maximum Gasteiger partial charge on any atom is 0.252 e. The number of benzene rings is 1. The van der Waals surface area contributed by atoms with E-state index in [1.165, 1.54) is 0 Å². The number of rotatable bonds is 9. The average Bonchev–Trinajstić information content (AvgIpc) is 3.03. The summed E-state index contributed by atoms with van der Waals surface area (Å²) in [6.45, 7) is 11.4. The number of nitrogens with zero attached hydrogens (tertiary/aromatic N) is 2. The van der Waals surface area contributed by atoms with Crippen LogP contribution in [0, 0.1) is 25.7 Å². The van der Waals surface area contributed by atoms with Gasteiger partial charge in [-0.1, -0.05) is 39.0 Å². The van der Waals surface area contributed by atoms with Crippen LogP contribution in [0.4, 0.5) is 0 Å². The summed E-state index contributed by atoms with van der Waals surface area (Å²) < 4.78 is 2.07. The van der Waals surface area contributed by atoms with Gasteiger partial charge in [0, 0.05) is 31.0 Å². The zero-order valence-electron chi connectivity index (χ0n) is 17.5. The molecule has 2 atom stereocenters. The van der Waals surface area contributed by atoms with Gasteiger partial charge in [-0.05, 0) is 43.7 Å². The van der Waals surface area contributed by atoms with Crippen molar-refractivity contribution in [2.75, 3.05) is 6.54 Å². The molecule has 1 heterocycles. The molecular formula is C22H32N4O2. The molecule has 28 heavy (non-hydrogen) atoms. The first-order chi connectivity index (χ1) is 13.3. The Morgan fingerprint density at radius 1 is 1.14 bits per heavy atom. The maximum absolute atomic E-state index is 12.8. The molecule has 0 aliphatic carbocycles. The summed E-state index contributed by atoms with van der Waals surface area (Å²) >= 11 is 0. The number of imidazole rings is 1. The van der Waals surface area contributed by atoms with Gasteiger partial charge in [-0.25, -0.2) is 4.98 Å². The Balaban J connectivity index is 1.95. The minimum Gasteiger partial charge on any atom is -0.354 e. The van der Waals surface area contributed by atoms with Gasteiger partial charge in [0.15, 0.2) is 0 Å². The molecule has 6 heteroatoms. The molecule has 2 N–H and O–H groups in total. The molecular weight excluding hydrogens is 352 g/mol. The van der Waals surface area contributed by atoms with E-state index in [9.17, 15) is 9.59 Å². The average molecular weight is 385 g/mol. The van der Waals surface area contributed by atoms with Gasteiger partial charge in [0.1, 0.15) is 11.9 Å². The van der Waals surface area contributed by atoms with E-state index < -0.39 is 6.04 Å². The number of carbonyl (C=O) groups is 2. The summed E-state index contributed by atoms with van der Waals surface area (Å²) in [6, 6.07) is 6.86. The summed E-state index contributed by atoms with van der Waals surface area (Å²) in [5.41, 5.74) is 1.50. The first-order valence-corrected chi connectivity index (χ1v) is 9.89. The van der Waals surface area contributed by atoms with Gasteiger partial charge in [0.25, 0.3) is 5.91 Å². The van der Waals surface area contributed by atoms with E-state index in [1.807, 2.05) is 52.1 Å². The summed E-state index contributed by atoms with van der Waals surface area (Å²) in [4.78, 5) is 29.6. The quantitative estimate of drug-likeness (QED) is 0.697. The van der Waals surface area contributed by atoms with Gasteiger partial charge < -0.3 is 15.2 Å². The second-order valence-corrected chi connectivity index (χ2v) is 7.95. The highest BCUT2D eigenvalue weighted by Crippen LogP contribution is 2.10. The van der Waals surface area contributed by atoms with Crippen molar-refractivity contribution in [1.82, 2.24) is 20.2 Å². The molecule has 1 aromatic heterocycles. The molecule has 2 unspecified atom stereocenters. The van der Waals surface area contributed by atoms with Gasteiger partial charge in [-0.15, -0.1) is 0 Å². The van der Waals surface area contributed by atoms with Gasteiger partial charge >= 0.3 is 0 Å². The Morgan fingerprint density at radius 2 is 1.86 bits per heavy atom. The van der Waals surface area contributed by atoms with E-state index in [4.69, 9.17) is 0 Å². The molecule has 2 aromatic rings. The van der Waals surface area contributed by atoms with Gasteiger partial charge in [0.2, 0.25) is 5.91 Å². The number of aryl methyl sites for hydroxylation is 2. The van der Waals surface area contributed by atoms with Crippen molar-refractivity contribution in [3.8, 4) is 0 Å². The van der Waals surface area contributed by atoms with Crippen molar-refractivity contribution in [1.29, 1.82) is 0 Å². The van der Waals surface area contributed by atoms with Crippen molar-refractivity contribution >= 4 is 11.8 Å². The summed E-state index contributed by atoms with van der Waals surface area (Å²) in [7, 11) is 0. The van der Waals surface area contributed by atoms with Crippen LogP contribution >= 0.6 is 0 Å². The van der Waals surface area contributed by atoms with Gasteiger partial charge in [0.05, 0.1) is 0 Å². The first kappa shape index (κ1) is 21.7. The van der Waals surface area contributed by atoms with E-state index >= 15 is 0 Å². The van der Waals surface area contributed by atoms with Crippen molar-refractivity contribution in [2.24, 2.45) is 11.8 Å². The SMILES string of the molecule is Cc1ccccc1C(=O)NC(CC(C)C)C(=O)NCC(C)Cn1ccnc1C. The zero-order chi connectivity index (χ0) is 20.7. The van der Waals surface area contributed by atoms with Crippen LogP contribution in [0.3, 0.4) is 0 Å². The Morgan fingerprint density at radius 3 is 2.46 bits per heavy atom. The van der Waals surface area contributed by atoms with Crippen molar-refractivity contribution in [3.63, 3.8) is 0 Å². The zero-order valence-corrected chi connectivity index (χ0v) is 17.5. The second-order valence-electron chi connectivity index (χ2n) is 7.95. The van der Waals surface area contributed by atoms with Crippen LogP contribution < -0.4 is 10.6 Å². The van der Waals surface area contributed by atoms with Crippen LogP contribution in [0.15, 0.2) is 36.7 Å². The van der Waals surface area contributed by atoms with Crippen LogP contribution in [-0.2, 0) is 11.3 Å². The first-order valence-electron chi connectivity index (χ1n) is 9.89. The number of aromatic nitrogens is 2. The van der Waals surface area contributed by atoms with E-state index in [-0.39, 0.29) is 17.7 Å². The van der Waals surface area contributed by atoms with Crippen LogP contribution in [-0.4, -0.2) is 34.0 Å². The third-order valence-corrected chi connectivity index (χ3v) is 4.78. The predicted octanol–water partition coefficient (Wildman–Crippen LogP) is 3.10. The number of carbonyl (C=O) groups excluding carboxylic acids is 2. The lowest BCUT2D eigenvalue weighted by atomic mass is 10.0. The molecule has 0 saturated heterocycles. The smallest absolute Gasteiger partial charge is 0.252 e. The third kappa shape index (κ3) is 6.22. The van der Waals surface area contributed by atoms with Crippen molar-refractivity contribution < 1.29 is 9.59 Å². The van der Waals surface area contributed by atoms with E-state index in [0.717, 1.165) is 17.9 Å². The predicted molar refractivity (Wildman–Crippen MR) is 111 cm³/mol. The molecule has 0 fully saturated rings. The molecule has 0 bridgehead atoms. The Kier molecular flexibility index (Phi) is 7.79. The summed E-state index contributed by atoms with van der Waals surface area (Å²) in [6.07, 6.45) is 4.32. The maximum atomic E-state index is 12.8. The molecule has 2 amide bonds. The Hall–Kier alpha value is -2.63. The van der Waals surface area contributed by atoms with Gasteiger partial charge in [-0.3, -0.25) is 9.59 Å². The minimum absolute atomic E-state index is 0.134.